The standard InChI is InChI=1S/C15H18BrN3/c1-17-9-11-6-8-19(10-11)15-13-3-2-4-14(16)12(13)5-7-18-15/h2-5,7,11,17H,6,8-10H2,1H3. The molecule has 0 saturated carbocycles. The van der Waals surface area contributed by atoms with Gasteiger partial charge in [-0.3, -0.25) is 0 Å². The summed E-state index contributed by atoms with van der Waals surface area (Å²) in [5, 5.41) is 5.75. The van der Waals surface area contributed by atoms with Gasteiger partial charge in [0.25, 0.3) is 0 Å². The van der Waals surface area contributed by atoms with Crippen LogP contribution in [0.4, 0.5) is 5.82 Å². The molecule has 0 aliphatic carbocycles. The fourth-order valence-electron chi connectivity index (χ4n) is 2.89. The first-order chi connectivity index (χ1) is 9.29. The summed E-state index contributed by atoms with van der Waals surface area (Å²) in [5.74, 6) is 1.85. The second-order valence-electron chi connectivity index (χ2n) is 5.13. The van der Waals surface area contributed by atoms with Gasteiger partial charge in [0.2, 0.25) is 0 Å². The molecule has 0 radical (unpaired) electrons. The summed E-state index contributed by atoms with van der Waals surface area (Å²) >= 11 is 3.62. The molecule has 1 aromatic heterocycles. The van der Waals surface area contributed by atoms with E-state index in [0.717, 1.165) is 35.8 Å². The van der Waals surface area contributed by atoms with Crippen molar-refractivity contribution in [2.24, 2.45) is 5.92 Å². The van der Waals surface area contributed by atoms with Gasteiger partial charge in [-0.05, 0) is 38.1 Å². The summed E-state index contributed by atoms with van der Waals surface area (Å²) in [5.41, 5.74) is 0. The van der Waals surface area contributed by atoms with E-state index in [9.17, 15) is 0 Å². The molecule has 1 N–H and O–H groups in total. The van der Waals surface area contributed by atoms with Gasteiger partial charge in [-0.2, -0.15) is 0 Å². The van der Waals surface area contributed by atoms with E-state index in [1.807, 2.05) is 13.2 Å². The van der Waals surface area contributed by atoms with Crippen molar-refractivity contribution in [2.75, 3.05) is 31.6 Å². The number of hydrogen-bond acceptors (Lipinski definition) is 3. The highest BCUT2D eigenvalue weighted by Gasteiger charge is 2.24. The summed E-state index contributed by atoms with van der Waals surface area (Å²) in [6, 6.07) is 8.40. The Hall–Kier alpha value is -1.13. The van der Waals surface area contributed by atoms with Gasteiger partial charge in [0.15, 0.2) is 0 Å². The second kappa shape index (κ2) is 5.47. The highest BCUT2D eigenvalue weighted by molar-refractivity contribution is 9.10. The third-order valence-electron chi connectivity index (χ3n) is 3.81. The van der Waals surface area contributed by atoms with Crippen LogP contribution in [-0.2, 0) is 0 Å². The van der Waals surface area contributed by atoms with E-state index >= 15 is 0 Å². The molecular formula is C15H18BrN3. The van der Waals surface area contributed by atoms with Crippen LogP contribution in [0.15, 0.2) is 34.9 Å². The molecule has 3 rings (SSSR count). The maximum Gasteiger partial charge on any atom is 0.136 e. The van der Waals surface area contributed by atoms with Gasteiger partial charge in [-0.1, -0.05) is 28.1 Å². The van der Waals surface area contributed by atoms with Gasteiger partial charge in [0.05, 0.1) is 0 Å². The van der Waals surface area contributed by atoms with Crippen LogP contribution in [0.2, 0.25) is 0 Å². The lowest BCUT2D eigenvalue weighted by Crippen LogP contribution is -2.25. The average molecular weight is 320 g/mol. The van der Waals surface area contributed by atoms with Crippen molar-refractivity contribution in [3.63, 3.8) is 0 Å². The van der Waals surface area contributed by atoms with Crippen LogP contribution < -0.4 is 10.2 Å². The SMILES string of the molecule is CNCC1CCN(c2nccc3c(Br)cccc23)C1. The predicted octanol–water partition coefficient (Wildman–Crippen LogP) is 3.04. The average Bonchev–Trinajstić information content (AvgIpc) is 2.88. The number of aromatic nitrogens is 1. The monoisotopic (exact) mass is 319 g/mol. The Balaban J connectivity index is 1.96. The molecule has 1 atom stereocenters. The van der Waals surface area contributed by atoms with Gasteiger partial charge < -0.3 is 10.2 Å². The van der Waals surface area contributed by atoms with E-state index in [4.69, 9.17) is 0 Å². The third kappa shape index (κ3) is 2.47. The normalized spacial score (nSPS) is 19.3. The third-order valence-corrected chi connectivity index (χ3v) is 4.50. The molecule has 3 nitrogen and oxygen atoms in total. The van der Waals surface area contributed by atoms with Crippen LogP contribution in [-0.4, -0.2) is 31.7 Å². The molecule has 1 aliphatic heterocycles. The molecule has 2 aromatic rings. The summed E-state index contributed by atoms with van der Waals surface area (Å²) in [7, 11) is 2.02. The van der Waals surface area contributed by atoms with E-state index in [2.05, 4.69) is 55.4 Å². The van der Waals surface area contributed by atoms with E-state index in [-0.39, 0.29) is 0 Å². The van der Waals surface area contributed by atoms with Crippen molar-refractivity contribution in [3.8, 4) is 0 Å². The molecule has 1 aromatic carbocycles. The number of fused-ring (bicyclic) bond motifs is 1. The number of nitrogens with zero attached hydrogens (tertiary/aromatic N) is 2. The molecule has 0 bridgehead atoms. The number of benzene rings is 1. The maximum atomic E-state index is 4.61. The number of rotatable bonds is 3. The highest BCUT2D eigenvalue weighted by Crippen LogP contribution is 2.32. The molecule has 1 fully saturated rings. The molecule has 0 spiro atoms. The number of pyridine rings is 1. The minimum atomic E-state index is 0.731. The van der Waals surface area contributed by atoms with E-state index in [0.29, 0.717) is 0 Å². The first-order valence-corrected chi connectivity index (χ1v) is 7.51. The van der Waals surface area contributed by atoms with Crippen LogP contribution in [0.3, 0.4) is 0 Å². The van der Waals surface area contributed by atoms with Gasteiger partial charge >= 0.3 is 0 Å². The number of nitrogens with one attached hydrogen (secondary N) is 1. The minimum absolute atomic E-state index is 0.731. The van der Waals surface area contributed by atoms with Gasteiger partial charge in [0.1, 0.15) is 5.82 Å². The van der Waals surface area contributed by atoms with Crippen LogP contribution in [0, 0.1) is 5.92 Å². The summed E-state index contributed by atoms with van der Waals surface area (Å²) in [6.07, 6.45) is 3.15. The quantitative estimate of drug-likeness (QED) is 0.942. The first kappa shape index (κ1) is 12.9. The van der Waals surface area contributed by atoms with E-state index in [1.165, 1.54) is 17.2 Å². The summed E-state index contributed by atoms with van der Waals surface area (Å²) < 4.78 is 1.14. The van der Waals surface area contributed by atoms with Crippen LogP contribution in [0.25, 0.3) is 10.8 Å². The molecule has 1 saturated heterocycles. The van der Waals surface area contributed by atoms with Crippen molar-refractivity contribution >= 4 is 32.5 Å². The number of hydrogen-bond donors (Lipinski definition) is 1. The van der Waals surface area contributed by atoms with Crippen molar-refractivity contribution in [1.29, 1.82) is 0 Å². The van der Waals surface area contributed by atoms with E-state index < -0.39 is 0 Å². The van der Waals surface area contributed by atoms with Crippen LogP contribution in [0.5, 0.6) is 0 Å². The first-order valence-electron chi connectivity index (χ1n) is 6.72. The zero-order chi connectivity index (χ0) is 13.2. The highest BCUT2D eigenvalue weighted by atomic mass is 79.9. The molecular weight excluding hydrogens is 302 g/mol. The van der Waals surface area contributed by atoms with Crippen molar-refractivity contribution < 1.29 is 0 Å². The molecule has 2 heterocycles. The lowest BCUT2D eigenvalue weighted by molar-refractivity contribution is 0.549. The Morgan fingerprint density at radius 2 is 2.26 bits per heavy atom. The largest absolute Gasteiger partial charge is 0.356 e. The Morgan fingerprint density at radius 1 is 1.37 bits per heavy atom. The minimum Gasteiger partial charge on any atom is -0.356 e. The Bertz CT molecular complexity index is 585. The molecule has 100 valence electrons. The van der Waals surface area contributed by atoms with Crippen LogP contribution >= 0.6 is 15.9 Å². The van der Waals surface area contributed by atoms with Gasteiger partial charge in [-0.25, -0.2) is 4.98 Å². The van der Waals surface area contributed by atoms with Crippen LogP contribution in [0.1, 0.15) is 6.42 Å². The van der Waals surface area contributed by atoms with Crippen molar-refractivity contribution in [2.45, 2.75) is 6.42 Å². The Morgan fingerprint density at radius 3 is 3.11 bits per heavy atom. The zero-order valence-corrected chi connectivity index (χ0v) is 12.7. The zero-order valence-electron chi connectivity index (χ0n) is 11.1. The number of halogens is 1. The fraction of sp³-hybridized carbons (Fsp3) is 0.400. The van der Waals surface area contributed by atoms with Gasteiger partial charge in [0, 0.05) is 34.5 Å². The Labute approximate surface area is 122 Å². The maximum absolute atomic E-state index is 4.61. The predicted molar refractivity (Wildman–Crippen MR) is 83.7 cm³/mol. The second-order valence-corrected chi connectivity index (χ2v) is 5.98. The summed E-state index contributed by atoms with van der Waals surface area (Å²) in [6.45, 7) is 3.29. The molecule has 19 heavy (non-hydrogen) atoms. The van der Waals surface area contributed by atoms with Crippen molar-refractivity contribution in [1.82, 2.24) is 10.3 Å². The molecule has 4 heteroatoms. The summed E-state index contributed by atoms with van der Waals surface area (Å²) in [4.78, 5) is 7.02. The lowest BCUT2D eigenvalue weighted by Gasteiger charge is -2.19. The molecule has 1 unspecified atom stereocenters. The van der Waals surface area contributed by atoms with Gasteiger partial charge in [-0.15, -0.1) is 0 Å². The lowest BCUT2D eigenvalue weighted by atomic mass is 10.1. The van der Waals surface area contributed by atoms with E-state index in [1.54, 1.807) is 0 Å². The molecule has 0 amide bonds. The number of anilines is 1. The van der Waals surface area contributed by atoms with Crippen molar-refractivity contribution in [3.05, 3.63) is 34.9 Å². The molecule has 1 aliphatic rings. The topological polar surface area (TPSA) is 28.2 Å². The Kier molecular flexibility index (Phi) is 3.71. The smallest absolute Gasteiger partial charge is 0.136 e. The fourth-order valence-corrected chi connectivity index (χ4v) is 3.38.